The van der Waals surface area contributed by atoms with E-state index >= 15 is 0 Å². The van der Waals surface area contributed by atoms with Crippen molar-refractivity contribution in [2.45, 2.75) is 0 Å². The lowest BCUT2D eigenvalue weighted by Crippen LogP contribution is -2.11. The summed E-state index contributed by atoms with van der Waals surface area (Å²) < 4.78 is 26.9. The van der Waals surface area contributed by atoms with Crippen molar-refractivity contribution in [3.63, 3.8) is 0 Å². The lowest BCUT2D eigenvalue weighted by atomic mass is 10.1. The third kappa shape index (κ3) is 3.04. The van der Waals surface area contributed by atoms with Crippen molar-refractivity contribution in [1.82, 2.24) is 4.98 Å². The number of carbonyl (C=O) groups is 1. The summed E-state index contributed by atoms with van der Waals surface area (Å²) in [5.41, 5.74) is 5.78. The largest absolute Gasteiger partial charge is 0.507 e. The number of halogens is 2. The number of hydrogen-bond donors (Lipinski definition) is 3. The summed E-state index contributed by atoms with van der Waals surface area (Å²) in [7, 11) is 0. The highest BCUT2D eigenvalue weighted by molar-refractivity contribution is 7.18. The molecule has 122 valence electrons. The van der Waals surface area contributed by atoms with Gasteiger partial charge in [0.1, 0.15) is 5.75 Å². The van der Waals surface area contributed by atoms with Crippen LogP contribution < -0.4 is 11.1 Å². The number of nitrogens with zero attached hydrogens (tertiary/aromatic N) is 1. The van der Waals surface area contributed by atoms with Gasteiger partial charge >= 0.3 is 0 Å². The maximum Gasteiger partial charge on any atom is 0.252 e. The zero-order chi connectivity index (χ0) is 17.3. The normalized spacial score (nSPS) is 10.6. The second-order valence-corrected chi connectivity index (χ2v) is 5.88. The van der Waals surface area contributed by atoms with Crippen LogP contribution in [-0.4, -0.2) is 16.0 Å². The van der Waals surface area contributed by atoms with Crippen molar-refractivity contribution < 1.29 is 18.7 Å². The van der Waals surface area contributed by atoms with Gasteiger partial charge in [-0.15, -0.1) is 0 Å². The zero-order valence-corrected chi connectivity index (χ0v) is 12.9. The molecule has 0 atom stereocenters. The highest BCUT2D eigenvalue weighted by Gasteiger charge is 2.13. The van der Waals surface area contributed by atoms with Gasteiger partial charge in [-0.1, -0.05) is 17.4 Å². The Morgan fingerprint density at radius 1 is 1.25 bits per heavy atom. The van der Waals surface area contributed by atoms with Crippen LogP contribution in [0.3, 0.4) is 0 Å². The number of rotatable bonds is 4. The molecular weight excluding hydrogens is 336 g/mol. The van der Waals surface area contributed by atoms with Gasteiger partial charge in [-0.25, -0.2) is 13.8 Å². The molecule has 0 saturated carbocycles. The first-order chi connectivity index (χ1) is 11.5. The van der Waals surface area contributed by atoms with Crippen molar-refractivity contribution in [2.75, 3.05) is 5.32 Å². The molecular formula is C16H11F2N3O2S. The minimum absolute atomic E-state index is 0.00779. The van der Waals surface area contributed by atoms with Crippen molar-refractivity contribution in [3.8, 4) is 16.2 Å². The molecule has 0 aliphatic heterocycles. The van der Waals surface area contributed by atoms with E-state index in [9.17, 15) is 18.7 Å². The number of phenols is 1. The lowest BCUT2D eigenvalue weighted by molar-refractivity contribution is 0.0998. The van der Waals surface area contributed by atoms with Gasteiger partial charge in [0, 0.05) is 6.20 Å². The maximum atomic E-state index is 13.7. The highest BCUT2D eigenvalue weighted by atomic mass is 32.1. The van der Waals surface area contributed by atoms with E-state index in [1.807, 2.05) is 0 Å². The Bertz CT molecular complexity index is 927. The fourth-order valence-electron chi connectivity index (χ4n) is 2.07. The Labute approximate surface area is 139 Å². The van der Waals surface area contributed by atoms with Crippen LogP contribution in [0.1, 0.15) is 10.4 Å². The molecule has 3 aromatic rings. The monoisotopic (exact) mass is 347 g/mol. The number of aromatic nitrogens is 1. The van der Waals surface area contributed by atoms with Gasteiger partial charge in [-0.3, -0.25) is 4.79 Å². The molecule has 24 heavy (non-hydrogen) atoms. The molecule has 0 spiro atoms. The van der Waals surface area contributed by atoms with Crippen LogP contribution in [0.4, 0.5) is 19.6 Å². The summed E-state index contributed by atoms with van der Waals surface area (Å²) in [5.74, 6) is -2.91. The fourth-order valence-corrected chi connectivity index (χ4v) is 2.89. The van der Waals surface area contributed by atoms with E-state index in [0.717, 1.165) is 6.07 Å². The van der Waals surface area contributed by atoms with Crippen LogP contribution in [0, 0.1) is 11.6 Å². The van der Waals surface area contributed by atoms with Crippen molar-refractivity contribution in [1.29, 1.82) is 0 Å². The average molecular weight is 347 g/mol. The number of nitrogens with two attached hydrogens (primary N) is 1. The summed E-state index contributed by atoms with van der Waals surface area (Å²) in [6.45, 7) is 0. The Hall–Kier alpha value is -3.00. The standard InChI is InChI=1S/C16H11F2N3O2S/c17-10-2-1-3-11(14(10)18)21-16-20-7-13(24-16)8-4-5-12(22)9(6-8)15(19)23/h1-7,22H,(H2,19,23)(H,20,21). The first-order valence-corrected chi connectivity index (χ1v) is 7.57. The molecule has 3 rings (SSSR count). The SMILES string of the molecule is NC(=O)c1cc(-c2cnc(Nc3cccc(F)c3F)s2)ccc1O. The van der Waals surface area contributed by atoms with E-state index in [0.29, 0.717) is 15.6 Å². The number of primary amides is 1. The summed E-state index contributed by atoms with van der Waals surface area (Å²) >= 11 is 1.18. The molecule has 1 aromatic heterocycles. The first kappa shape index (κ1) is 15.9. The van der Waals surface area contributed by atoms with Crippen LogP contribution in [0.2, 0.25) is 0 Å². The molecule has 1 amide bonds. The molecule has 2 aromatic carbocycles. The van der Waals surface area contributed by atoms with E-state index in [-0.39, 0.29) is 17.0 Å². The van der Waals surface area contributed by atoms with Crippen LogP contribution in [-0.2, 0) is 0 Å². The van der Waals surface area contributed by atoms with Crippen LogP contribution >= 0.6 is 11.3 Å². The number of nitrogens with one attached hydrogen (secondary N) is 1. The second-order valence-electron chi connectivity index (χ2n) is 4.85. The Balaban J connectivity index is 1.90. The number of hydrogen-bond acceptors (Lipinski definition) is 5. The van der Waals surface area contributed by atoms with Gasteiger partial charge in [-0.2, -0.15) is 0 Å². The molecule has 0 bridgehead atoms. The summed E-state index contributed by atoms with van der Waals surface area (Å²) in [5, 5.41) is 12.7. The number of benzene rings is 2. The Kier molecular flexibility index (Phi) is 4.13. The van der Waals surface area contributed by atoms with Crippen LogP contribution in [0.5, 0.6) is 5.75 Å². The van der Waals surface area contributed by atoms with Crippen LogP contribution in [0.15, 0.2) is 42.6 Å². The molecule has 0 fully saturated rings. The van der Waals surface area contributed by atoms with Crippen molar-refractivity contribution in [2.24, 2.45) is 5.73 Å². The fraction of sp³-hybridized carbons (Fsp3) is 0. The smallest absolute Gasteiger partial charge is 0.252 e. The minimum Gasteiger partial charge on any atom is -0.507 e. The van der Waals surface area contributed by atoms with Gasteiger partial charge < -0.3 is 16.2 Å². The first-order valence-electron chi connectivity index (χ1n) is 6.76. The predicted octanol–water partition coefficient (Wildman–Crippen LogP) is 3.64. The average Bonchev–Trinajstić information content (AvgIpc) is 3.00. The molecule has 4 N–H and O–H groups in total. The van der Waals surface area contributed by atoms with Gasteiger partial charge in [0.05, 0.1) is 16.1 Å². The molecule has 1 heterocycles. The maximum absolute atomic E-state index is 13.7. The van der Waals surface area contributed by atoms with E-state index < -0.39 is 17.5 Å². The van der Waals surface area contributed by atoms with Gasteiger partial charge in [0.15, 0.2) is 16.8 Å². The summed E-state index contributed by atoms with van der Waals surface area (Å²) in [6, 6.07) is 8.20. The predicted molar refractivity (Wildman–Crippen MR) is 87.4 cm³/mol. The van der Waals surface area contributed by atoms with Gasteiger partial charge in [0.25, 0.3) is 5.91 Å². The summed E-state index contributed by atoms with van der Waals surface area (Å²) in [6.07, 6.45) is 1.52. The van der Waals surface area contributed by atoms with E-state index in [2.05, 4.69) is 10.3 Å². The van der Waals surface area contributed by atoms with Crippen molar-refractivity contribution >= 4 is 28.1 Å². The third-order valence-electron chi connectivity index (χ3n) is 3.25. The Morgan fingerprint density at radius 3 is 2.79 bits per heavy atom. The zero-order valence-electron chi connectivity index (χ0n) is 12.1. The summed E-state index contributed by atoms with van der Waals surface area (Å²) in [4.78, 5) is 16.0. The van der Waals surface area contributed by atoms with E-state index in [1.54, 1.807) is 6.07 Å². The Morgan fingerprint density at radius 2 is 2.04 bits per heavy atom. The minimum atomic E-state index is -0.991. The molecule has 8 heteroatoms. The molecule has 0 unspecified atom stereocenters. The van der Waals surface area contributed by atoms with Crippen molar-refractivity contribution in [3.05, 3.63) is 59.8 Å². The number of amides is 1. The highest BCUT2D eigenvalue weighted by Crippen LogP contribution is 2.33. The van der Waals surface area contributed by atoms with Crippen LogP contribution in [0.25, 0.3) is 10.4 Å². The molecule has 0 radical (unpaired) electrons. The number of carbonyl (C=O) groups excluding carboxylic acids is 1. The van der Waals surface area contributed by atoms with E-state index in [1.165, 1.54) is 41.8 Å². The number of thiazole rings is 1. The lowest BCUT2D eigenvalue weighted by Gasteiger charge is -2.04. The third-order valence-corrected chi connectivity index (χ3v) is 4.21. The molecule has 0 aliphatic rings. The van der Waals surface area contributed by atoms with Gasteiger partial charge in [0.2, 0.25) is 0 Å². The molecule has 5 nitrogen and oxygen atoms in total. The van der Waals surface area contributed by atoms with Gasteiger partial charge in [-0.05, 0) is 35.9 Å². The molecule has 0 aliphatic carbocycles. The van der Waals surface area contributed by atoms with E-state index in [4.69, 9.17) is 5.73 Å². The topological polar surface area (TPSA) is 88.2 Å². The quantitative estimate of drug-likeness (QED) is 0.672. The number of anilines is 2. The second kappa shape index (κ2) is 6.25. The number of aromatic hydroxyl groups is 1. The molecule has 0 saturated heterocycles.